The van der Waals surface area contributed by atoms with Gasteiger partial charge in [0.05, 0.1) is 38.3 Å². The second kappa shape index (κ2) is 14.1. The minimum Gasteiger partial charge on any atom is -0.748 e. The Bertz CT molecular complexity index is 2400. The first-order valence-electron chi connectivity index (χ1n) is 16.8. The summed E-state index contributed by atoms with van der Waals surface area (Å²) in [4.78, 5) is 21.5. The number of thiazole rings is 1. The van der Waals surface area contributed by atoms with E-state index in [1.54, 1.807) is 6.07 Å². The van der Waals surface area contributed by atoms with E-state index in [-0.39, 0.29) is 18.7 Å². The molecule has 260 valence electrons. The van der Waals surface area contributed by atoms with Crippen molar-refractivity contribution in [3.63, 3.8) is 0 Å². The van der Waals surface area contributed by atoms with Crippen molar-refractivity contribution in [3.8, 4) is 16.6 Å². The average molecular weight is 720 g/mol. The zero-order valence-electron chi connectivity index (χ0n) is 28.5. The van der Waals surface area contributed by atoms with Crippen molar-refractivity contribution in [2.75, 3.05) is 28.6 Å². The van der Waals surface area contributed by atoms with Gasteiger partial charge < -0.3 is 19.1 Å². The van der Waals surface area contributed by atoms with Gasteiger partial charge in [0.1, 0.15) is 17.3 Å². The van der Waals surface area contributed by atoms with Crippen molar-refractivity contribution < 1.29 is 27.1 Å². The third-order valence-corrected chi connectivity index (χ3v) is 10.6. The summed E-state index contributed by atoms with van der Waals surface area (Å²) in [6.07, 6.45) is 6.18. The van der Waals surface area contributed by atoms with Crippen LogP contribution in [0.1, 0.15) is 43.4 Å². The molecule has 0 fully saturated rings. The second-order valence-electron chi connectivity index (χ2n) is 12.1. The predicted octanol–water partition coefficient (Wildman–Crippen LogP) is 7.68. The zero-order valence-corrected chi connectivity index (χ0v) is 30.2. The maximum atomic E-state index is 12.4. The topological polar surface area (TPSA) is 112 Å². The van der Waals surface area contributed by atoms with Crippen LogP contribution < -0.4 is 19.1 Å². The first-order chi connectivity index (χ1) is 24.6. The van der Waals surface area contributed by atoms with Crippen molar-refractivity contribution >= 4 is 65.9 Å². The highest BCUT2D eigenvalue weighted by atomic mass is 32.2. The van der Waals surface area contributed by atoms with Gasteiger partial charge in [-0.15, -0.1) is 0 Å². The minimum absolute atomic E-state index is 0.0753. The lowest BCUT2D eigenvalue weighted by atomic mass is 10.1. The maximum absolute atomic E-state index is 12.4. The Hall–Kier alpha value is -5.30. The number of Topliss-reactive ketones (excluding diaryl/α,β-unsaturated/α-hetero) is 1. The van der Waals surface area contributed by atoms with Crippen LogP contribution in [0.4, 0.5) is 11.4 Å². The molecule has 0 saturated heterocycles. The first-order valence-corrected chi connectivity index (χ1v) is 19.2. The lowest BCUT2D eigenvalue weighted by Crippen LogP contribution is -2.37. The monoisotopic (exact) mass is 719 g/mol. The largest absolute Gasteiger partial charge is 0.748 e. The number of allylic oxidation sites excluding steroid dienone is 2. The number of para-hydroxylation sites is 2. The predicted molar refractivity (Wildman–Crippen MR) is 202 cm³/mol. The van der Waals surface area contributed by atoms with Gasteiger partial charge in [0.15, 0.2) is 16.8 Å². The summed E-state index contributed by atoms with van der Waals surface area (Å²) in [7, 11) is -4.40. The number of carbonyl (C=O) groups excluding carboxylic acids is 1. The van der Waals surface area contributed by atoms with Gasteiger partial charge in [0.2, 0.25) is 0 Å². The molecule has 3 heterocycles. The SMILES string of the molecule is CCN1/C(=C\C=C\c2n(-c3ccccc3)c3ccc(C(C)=O)cc3[n+]2CCCS(=O)(=O)[O-])N(CC)c2cc(Oc3nc4ccccc4s3)ccc21. The molecule has 7 rings (SSSR count). The quantitative estimate of drug-likeness (QED) is 0.0720. The highest BCUT2D eigenvalue weighted by Crippen LogP contribution is 2.44. The summed E-state index contributed by atoms with van der Waals surface area (Å²) < 4.78 is 46.1. The van der Waals surface area contributed by atoms with E-state index < -0.39 is 15.9 Å². The van der Waals surface area contributed by atoms with Crippen LogP contribution in [0.3, 0.4) is 0 Å². The Morgan fingerprint density at radius 3 is 2.41 bits per heavy atom. The summed E-state index contributed by atoms with van der Waals surface area (Å²) in [6.45, 7) is 7.47. The third-order valence-electron chi connectivity index (χ3n) is 8.89. The molecule has 0 saturated carbocycles. The first kappa shape index (κ1) is 34.2. The third kappa shape index (κ3) is 6.90. The summed E-state index contributed by atoms with van der Waals surface area (Å²) in [5, 5.41) is 0.591. The lowest BCUT2D eigenvalue weighted by Gasteiger charge is -2.23. The summed E-state index contributed by atoms with van der Waals surface area (Å²) >= 11 is 1.51. The van der Waals surface area contributed by atoms with Gasteiger partial charge >= 0.3 is 0 Å². The highest BCUT2D eigenvalue weighted by Gasteiger charge is 2.30. The van der Waals surface area contributed by atoms with Crippen molar-refractivity contribution in [3.05, 3.63) is 120 Å². The number of ketones is 1. The molecule has 51 heavy (non-hydrogen) atoms. The molecular weight excluding hydrogens is 683 g/mol. The van der Waals surface area contributed by atoms with Gasteiger partial charge in [-0.2, -0.15) is 4.57 Å². The molecule has 4 aromatic carbocycles. The molecule has 0 atom stereocenters. The molecule has 0 aliphatic carbocycles. The molecule has 10 nitrogen and oxygen atoms in total. The molecule has 0 amide bonds. The highest BCUT2D eigenvalue weighted by molar-refractivity contribution is 7.85. The average Bonchev–Trinajstić information content (AvgIpc) is 3.76. The molecule has 12 heteroatoms. The van der Waals surface area contributed by atoms with Gasteiger partial charge in [-0.25, -0.2) is 18.0 Å². The van der Waals surface area contributed by atoms with Gasteiger partial charge in [-0.3, -0.25) is 4.79 Å². The number of benzene rings is 4. The molecule has 0 radical (unpaired) electrons. The molecule has 0 bridgehead atoms. The molecule has 1 aliphatic heterocycles. The van der Waals surface area contributed by atoms with Gasteiger partial charge in [-0.05, 0) is 81.8 Å². The maximum Gasteiger partial charge on any atom is 0.287 e. The molecule has 1 aliphatic rings. The molecular formula is C39H37N5O5S2. The van der Waals surface area contributed by atoms with Crippen LogP contribution >= 0.6 is 11.3 Å². The van der Waals surface area contributed by atoms with E-state index in [0.29, 0.717) is 16.5 Å². The minimum atomic E-state index is -4.40. The normalized spacial score (nSPS) is 14.0. The van der Waals surface area contributed by atoms with Crippen molar-refractivity contribution in [1.29, 1.82) is 0 Å². The van der Waals surface area contributed by atoms with Gasteiger partial charge in [0, 0.05) is 42.6 Å². The fourth-order valence-corrected chi connectivity index (χ4v) is 7.94. The van der Waals surface area contributed by atoms with Gasteiger partial charge in [-0.1, -0.05) is 47.7 Å². The number of hydrogen-bond acceptors (Lipinski definition) is 9. The van der Waals surface area contributed by atoms with Crippen LogP contribution in [-0.4, -0.2) is 47.1 Å². The molecule has 2 aromatic heterocycles. The Balaban J connectivity index is 1.28. The van der Waals surface area contributed by atoms with Crippen molar-refractivity contribution in [2.45, 2.75) is 33.7 Å². The molecule has 6 aromatic rings. The van der Waals surface area contributed by atoms with Crippen molar-refractivity contribution in [1.82, 2.24) is 9.55 Å². The Morgan fingerprint density at radius 2 is 1.69 bits per heavy atom. The van der Waals surface area contributed by atoms with Crippen LogP contribution in [0.5, 0.6) is 10.9 Å². The standard InChI is InChI=1S/C39H37N5O5S2/c1-4-41-32-22-20-30(49-39-40-31-15-9-10-16-36(31)50-39)26-35(32)42(5-2)37(41)17-11-18-38-43(23-12-24-51(46,47)48)34-25-28(27(3)45)19-21-33(34)44(38)29-13-7-6-8-14-29/h6-11,13-22,25-26H,4-5,12,23-24H2,1-3H3. The number of carbonyl (C=O) groups is 1. The van der Waals surface area contributed by atoms with Crippen LogP contribution in [0.2, 0.25) is 0 Å². The number of hydrogen-bond donors (Lipinski definition) is 0. The van der Waals surface area contributed by atoms with Crippen LogP contribution in [-0.2, 0) is 16.7 Å². The van der Waals surface area contributed by atoms with Gasteiger partial charge in [0.25, 0.3) is 11.0 Å². The molecule has 0 spiro atoms. The Labute approximate surface area is 300 Å². The number of ether oxygens (including phenoxy) is 1. The van der Waals surface area contributed by atoms with E-state index in [9.17, 15) is 17.8 Å². The summed E-state index contributed by atoms with van der Waals surface area (Å²) in [5.74, 6) is 1.90. The van der Waals surface area contributed by atoms with E-state index in [2.05, 4.69) is 51.4 Å². The van der Waals surface area contributed by atoms with Crippen molar-refractivity contribution in [2.24, 2.45) is 0 Å². The fraction of sp³-hybridized carbons (Fsp3) is 0.205. The number of aryl methyl sites for hydroxylation is 1. The summed E-state index contributed by atoms with van der Waals surface area (Å²) in [6, 6.07) is 29.5. The number of nitrogens with zero attached hydrogens (tertiary/aromatic N) is 5. The molecule has 0 N–H and O–H groups in total. The number of aromatic nitrogens is 3. The summed E-state index contributed by atoms with van der Waals surface area (Å²) in [5.41, 5.74) is 6.07. The zero-order chi connectivity index (χ0) is 35.7. The fourth-order valence-electron chi connectivity index (χ4n) is 6.63. The number of rotatable bonds is 12. The number of anilines is 2. The second-order valence-corrected chi connectivity index (χ2v) is 14.6. The van der Waals surface area contributed by atoms with E-state index in [0.717, 1.165) is 63.0 Å². The number of imidazole rings is 1. The van der Waals surface area contributed by atoms with Crippen LogP contribution in [0.15, 0.2) is 109 Å². The van der Waals surface area contributed by atoms with Crippen LogP contribution in [0.25, 0.3) is 33.0 Å². The number of fused-ring (bicyclic) bond motifs is 3. The van der Waals surface area contributed by atoms with Crippen LogP contribution in [0, 0.1) is 0 Å². The molecule has 0 unspecified atom stereocenters. The Morgan fingerprint density at radius 1 is 0.941 bits per heavy atom. The van der Waals surface area contributed by atoms with E-state index in [1.165, 1.54) is 18.3 Å². The lowest BCUT2D eigenvalue weighted by molar-refractivity contribution is -0.673. The smallest absolute Gasteiger partial charge is 0.287 e. The van der Waals surface area contributed by atoms with E-state index in [1.807, 2.05) is 89.5 Å². The van der Waals surface area contributed by atoms with E-state index >= 15 is 0 Å². The van der Waals surface area contributed by atoms with E-state index in [4.69, 9.17) is 4.74 Å². The Kier molecular flexibility index (Phi) is 9.47.